The highest BCUT2D eigenvalue weighted by atomic mass is 32.2. The highest BCUT2D eigenvalue weighted by Gasteiger charge is 2.29. The average Bonchev–Trinajstić information content (AvgIpc) is 3.45. The highest BCUT2D eigenvalue weighted by molar-refractivity contribution is 7.89. The van der Waals surface area contributed by atoms with Crippen molar-refractivity contribution in [2.75, 3.05) is 44.3 Å². The number of nitrogens with zero attached hydrogens (tertiary/aromatic N) is 6. The number of hydrogen-bond acceptors (Lipinski definition) is 9. The second-order valence-corrected chi connectivity index (χ2v) is 10.3. The van der Waals surface area contributed by atoms with E-state index in [1.807, 2.05) is 4.90 Å². The van der Waals surface area contributed by atoms with Gasteiger partial charge in [0.2, 0.25) is 10.0 Å². The van der Waals surface area contributed by atoms with Gasteiger partial charge in [-0.25, -0.2) is 17.9 Å². The summed E-state index contributed by atoms with van der Waals surface area (Å²) >= 11 is 0. The van der Waals surface area contributed by atoms with Crippen molar-refractivity contribution >= 4 is 21.7 Å². The number of ether oxygens (including phenoxy) is 2. The van der Waals surface area contributed by atoms with Crippen molar-refractivity contribution in [2.45, 2.75) is 24.2 Å². The fraction of sp³-hybridized carbons (Fsp3) is 0.391. The Morgan fingerprint density at radius 3 is 2.37 bits per heavy atom. The van der Waals surface area contributed by atoms with Crippen LogP contribution < -0.4 is 9.64 Å². The molecule has 3 heterocycles. The zero-order valence-electron chi connectivity index (χ0n) is 19.1. The molecule has 35 heavy (non-hydrogen) atoms. The zero-order chi connectivity index (χ0) is 24.3. The number of hydrogen-bond donors (Lipinski definition) is 0. The van der Waals surface area contributed by atoms with Crippen molar-refractivity contribution < 1.29 is 22.7 Å². The summed E-state index contributed by atoms with van der Waals surface area (Å²) in [4.78, 5) is 15.4. The lowest BCUT2D eigenvalue weighted by molar-refractivity contribution is 0.0734. The molecule has 0 spiro atoms. The lowest BCUT2D eigenvalue weighted by atomic mass is 10.1. The molecule has 0 amide bonds. The SMILES string of the molecule is O=C(Oc1ccc(-n2cnnn2)cc1)c1cc(S(=O)(=O)N2CCCCC2)ccc1N1CCOCC1. The van der Waals surface area contributed by atoms with Gasteiger partial charge in [0.05, 0.1) is 35.0 Å². The maximum absolute atomic E-state index is 13.3. The van der Waals surface area contributed by atoms with E-state index in [-0.39, 0.29) is 10.5 Å². The van der Waals surface area contributed by atoms with Crippen molar-refractivity contribution in [3.63, 3.8) is 0 Å². The minimum Gasteiger partial charge on any atom is -0.423 e. The van der Waals surface area contributed by atoms with Gasteiger partial charge in [-0.2, -0.15) is 4.31 Å². The lowest BCUT2D eigenvalue weighted by Gasteiger charge is -2.31. The highest BCUT2D eigenvalue weighted by Crippen LogP contribution is 2.29. The molecule has 1 aromatic heterocycles. The summed E-state index contributed by atoms with van der Waals surface area (Å²) in [7, 11) is -3.71. The molecule has 0 N–H and O–H groups in total. The predicted octanol–water partition coefficient (Wildman–Crippen LogP) is 1.89. The number of sulfonamides is 1. The molecule has 2 aromatic carbocycles. The summed E-state index contributed by atoms with van der Waals surface area (Å²) in [5.41, 5.74) is 1.54. The number of aromatic nitrogens is 4. The maximum atomic E-state index is 13.3. The molecular formula is C23H26N6O5S. The van der Waals surface area contributed by atoms with Gasteiger partial charge in [-0.3, -0.25) is 0 Å². The molecule has 0 atom stereocenters. The van der Waals surface area contributed by atoms with Crippen LogP contribution in [0.1, 0.15) is 29.6 Å². The van der Waals surface area contributed by atoms with Gasteiger partial charge < -0.3 is 14.4 Å². The molecule has 12 heteroatoms. The van der Waals surface area contributed by atoms with Crippen molar-refractivity contribution in [1.82, 2.24) is 24.5 Å². The first-order valence-electron chi connectivity index (χ1n) is 11.5. The molecular weight excluding hydrogens is 472 g/mol. The molecule has 2 saturated heterocycles. The third-order valence-corrected chi connectivity index (χ3v) is 8.05. The van der Waals surface area contributed by atoms with E-state index in [9.17, 15) is 13.2 Å². The summed E-state index contributed by atoms with van der Waals surface area (Å²) in [6, 6.07) is 11.4. The van der Waals surface area contributed by atoms with Crippen molar-refractivity contribution in [3.05, 3.63) is 54.4 Å². The summed E-state index contributed by atoms with van der Waals surface area (Å²) in [6.45, 7) is 3.22. The first-order chi connectivity index (χ1) is 17.0. The quantitative estimate of drug-likeness (QED) is 0.371. The van der Waals surface area contributed by atoms with Crippen LogP contribution in [0.4, 0.5) is 5.69 Å². The molecule has 2 aliphatic heterocycles. The molecule has 2 aliphatic rings. The molecule has 2 fully saturated rings. The van der Waals surface area contributed by atoms with Gasteiger partial charge >= 0.3 is 5.97 Å². The Bertz CT molecular complexity index is 1270. The molecule has 5 rings (SSSR count). The summed E-state index contributed by atoms with van der Waals surface area (Å²) < 4.78 is 40.6. The van der Waals surface area contributed by atoms with Gasteiger partial charge in [-0.05, 0) is 65.7 Å². The Balaban J connectivity index is 1.44. The number of anilines is 1. The van der Waals surface area contributed by atoms with Crippen molar-refractivity contribution in [2.24, 2.45) is 0 Å². The van der Waals surface area contributed by atoms with E-state index in [1.54, 1.807) is 36.4 Å². The second kappa shape index (κ2) is 10.1. The first-order valence-corrected chi connectivity index (χ1v) is 13.0. The van der Waals surface area contributed by atoms with Gasteiger partial charge in [0, 0.05) is 26.2 Å². The minimum absolute atomic E-state index is 0.0948. The van der Waals surface area contributed by atoms with Crippen LogP contribution in [0.5, 0.6) is 5.75 Å². The van der Waals surface area contributed by atoms with Crippen molar-refractivity contribution in [3.8, 4) is 11.4 Å². The van der Waals surface area contributed by atoms with E-state index in [0.29, 0.717) is 56.5 Å². The van der Waals surface area contributed by atoms with Crippen molar-refractivity contribution in [1.29, 1.82) is 0 Å². The molecule has 0 unspecified atom stereocenters. The smallest absolute Gasteiger partial charge is 0.345 e. The van der Waals surface area contributed by atoms with Gasteiger partial charge in [0.25, 0.3) is 0 Å². The molecule has 0 radical (unpaired) electrons. The standard InChI is InChI=1S/C23H26N6O5S/c30-23(34-19-6-4-18(5-7-19)29-17-24-25-26-29)21-16-20(35(31,32)28-10-2-1-3-11-28)8-9-22(21)27-12-14-33-15-13-27/h4-9,16-17H,1-3,10-15H2. The summed E-state index contributed by atoms with van der Waals surface area (Å²) in [5.74, 6) is -0.304. The molecule has 184 valence electrons. The number of tetrazole rings is 1. The maximum Gasteiger partial charge on any atom is 0.345 e. The third-order valence-electron chi connectivity index (χ3n) is 6.15. The number of esters is 1. The number of piperidine rings is 1. The van der Waals surface area contributed by atoms with Crippen LogP contribution in [0, 0.1) is 0 Å². The minimum atomic E-state index is -3.71. The van der Waals surface area contributed by atoms with E-state index in [0.717, 1.165) is 19.3 Å². The second-order valence-electron chi connectivity index (χ2n) is 8.38. The topological polar surface area (TPSA) is 120 Å². The molecule has 11 nitrogen and oxygen atoms in total. The van der Waals surface area contributed by atoms with Crippen LogP contribution in [0.15, 0.2) is 53.7 Å². The molecule has 0 saturated carbocycles. The first kappa shape index (κ1) is 23.4. The largest absolute Gasteiger partial charge is 0.423 e. The van der Waals surface area contributed by atoms with Crippen LogP contribution in [0.2, 0.25) is 0 Å². The van der Waals surface area contributed by atoms with E-state index in [2.05, 4.69) is 15.5 Å². The Morgan fingerprint density at radius 1 is 0.943 bits per heavy atom. The predicted molar refractivity (Wildman–Crippen MR) is 126 cm³/mol. The number of rotatable bonds is 6. The van der Waals surface area contributed by atoms with Crippen LogP contribution in [-0.2, 0) is 14.8 Å². The van der Waals surface area contributed by atoms with Gasteiger partial charge in [-0.15, -0.1) is 5.10 Å². The molecule has 3 aromatic rings. The van der Waals surface area contributed by atoms with E-state index < -0.39 is 16.0 Å². The van der Waals surface area contributed by atoms with Crippen LogP contribution in [0.3, 0.4) is 0 Å². The number of benzene rings is 2. The van der Waals surface area contributed by atoms with Crippen LogP contribution >= 0.6 is 0 Å². The van der Waals surface area contributed by atoms with Crippen LogP contribution in [0.25, 0.3) is 5.69 Å². The Morgan fingerprint density at radius 2 is 1.69 bits per heavy atom. The number of morpholine rings is 1. The lowest BCUT2D eigenvalue weighted by Crippen LogP contribution is -2.38. The Kier molecular flexibility index (Phi) is 6.75. The monoisotopic (exact) mass is 498 g/mol. The zero-order valence-corrected chi connectivity index (χ0v) is 19.9. The fourth-order valence-electron chi connectivity index (χ4n) is 4.28. The molecule has 0 bridgehead atoms. The average molecular weight is 499 g/mol. The van der Waals surface area contributed by atoms with Gasteiger partial charge in [-0.1, -0.05) is 6.42 Å². The van der Waals surface area contributed by atoms with Gasteiger partial charge in [0.1, 0.15) is 12.1 Å². The summed E-state index contributed by atoms with van der Waals surface area (Å²) in [5, 5.41) is 11.0. The molecule has 0 aliphatic carbocycles. The van der Waals surface area contributed by atoms with E-state index in [4.69, 9.17) is 9.47 Å². The fourth-order valence-corrected chi connectivity index (χ4v) is 5.83. The number of carbonyl (C=O) groups is 1. The Labute approximate surface area is 203 Å². The Hall–Kier alpha value is -3.35. The third kappa shape index (κ3) is 5.04. The van der Waals surface area contributed by atoms with Crippen LogP contribution in [-0.4, -0.2) is 78.3 Å². The summed E-state index contributed by atoms with van der Waals surface area (Å²) in [6.07, 6.45) is 4.15. The van der Waals surface area contributed by atoms with E-state index >= 15 is 0 Å². The van der Waals surface area contributed by atoms with E-state index in [1.165, 1.54) is 21.4 Å². The van der Waals surface area contributed by atoms with Gasteiger partial charge in [0.15, 0.2) is 0 Å². The normalized spacial score (nSPS) is 17.3. The number of carbonyl (C=O) groups excluding carboxylic acids is 1.